The highest BCUT2D eigenvalue weighted by Gasteiger charge is 2.10. The van der Waals surface area contributed by atoms with Crippen LogP contribution in [0.1, 0.15) is 0 Å². The molecule has 3 heteroatoms. The molecule has 0 fully saturated rings. The van der Waals surface area contributed by atoms with Crippen molar-refractivity contribution in [3.05, 3.63) is 54.5 Å². The third-order valence-corrected chi connectivity index (χ3v) is 2.84. The highest BCUT2D eigenvalue weighted by atomic mass is 19.1. The van der Waals surface area contributed by atoms with E-state index in [9.17, 15) is 9.50 Å². The molecule has 0 spiro atoms. The first-order chi connectivity index (χ1) is 8.25. The zero-order chi connectivity index (χ0) is 11.8. The number of hydrogen-bond acceptors (Lipinski definition) is 1. The van der Waals surface area contributed by atoms with Crippen molar-refractivity contribution in [1.82, 2.24) is 4.98 Å². The summed E-state index contributed by atoms with van der Waals surface area (Å²) in [5.74, 6) is -0.278. The maximum absolute atomic E-state index is 13.2. The predicted octanol–water partition coefficient (Wildman–Crippen LogP) is 3.68. The molecule has 2 nitrogen and oxygen atoms in total. The number of benzene rings is 2. The van der Waals surface area contributed by atoms with E-state index in [4.69, 9.17) is 0 Å². The Balaban J connectivity index is 2.31. The van der Waals surface area contributed by atoms with Crippen molar-refractivity contribution in [3.63, 3.8) is 0 Å². The van der Waals surface area contributed by atoms with Gasteiger partial charge in [-0.05, 0) is 24.3 Å². The van der Waals surface area contributed by atoms with Crippen LogP contribution in [0.5, 0.6) is 5.75 Å². The molecular formula is C14H10FNO. The van der Waals surface area contributed by atoms with Crippen LogP contribution in [0.2, 0.25) is 0 Å². The number of H-pyrrole nitrogens is 1. The van der Waals surface area contributed by atoms with Crippen molar-refractivity contribution in [2.24, 2.45) is 0 Å². The zero-order valence-electron chi connectivity index (χ0n) is 8.94. The number of aromatic nitrogens is 1. The molecule has 0 aliphatic heterocycles. The van der Waals surface area contributed by atoms with Crippen LogP contribution < -0.4 is 0 Å². The summed E-state index contributed by atoms with van der Waals surface area (Å²) in [5.41, 5.74) is 2.27. The molecule has 0 saturated carbocycles. The fourth-order valence-corrected chi connectivity index (χ4v) is 2.02. The maximum atomic E-state index is 13.2. The number of rotatable bonds is 1. The molecule has 0 saturated heterocycles. The third kappa shape index (κ3) is 1.56. The molecular weight excluding hydrogens is 217 g/mol. The van der Waals surface area contributed by atoms with Gasteiger partial charge in [-0.25, -0.2) is 4.39 Å². The maximum Gasteiger partial charge on any atom is 0.124 e. The van der Waals surface area contributed by atoms with E-state index < -0.39 is 0 Å². The molecule has 3 rings (SSSR count). The summed E-state index contributed by atoms with van der Waals surface area (Å²) in [6.07, 6.45) is 1.78. The number of nitrogens with one attached hydrogen (secondary N) is 1. The lowest BCUT2D eigenvalue weighted by molar-refractivity contribution is 0.475. The quantitative estimate of drug-likeness (QED) is 0.653. The summed E-state index contributed by atoms with van der Waals surface area (Å²) in [6.45, 7) is 0. The summed E-state index contributed by atoms with van der Waals surface area (Å²) >= 11 is 0. The molecule has 0 amide bonds. The molecule has 2 aromatic carbocycles. The fraction of sp³-hybridized carbons (Fsp3) is 0. The molecule has 0 unspecified atom stereocenters. The van der Waals surface area contributed by atoms with Crippen molar-refractivity contribution >= 4 is 10.9 Å². The number of phenolic OH excluding ortho intramolecular Hbond substituents is 1. The van der Waals surface area contributed by atoms with Crippen LogP contribution in [-0.4, -0.2) is 10.1 Å². The molecule has 0 atom stereocenters. The molecule has 1 aromatic heterocycles. The highest BCUT2D eigenvalue weighted by molar-refractivity contribution is 5.96. The second-order valence-corrected chi connectivity index (χ2v) is 3.91. The Bertz CT molecular complexity index is 688. The molecule has 0 radical (unpaired) electrons. The molecule has 17 heavy (non-hydrogen) atoms. The minimum Gasteiger partial charge on any atom is -0.507 e. The lowest BCUT2D eigenvalue weighted by Gasteiger charge is -2.03. The SMILES string of the molecule is Oc1ccc(F)cc1-c1c[nH]c2ccccc12. The molecule has 0 aliphatic carbocycles. The van der Waals surface area contributed by atoms with Crippen molar-refractivity contribution < 1.29 is 9.50 Å². The number of aromatic hydroxyl groups is 1. The Labute approximate surface area is 97.3 Å². The van der Waals surface area contributed by atoms with Gasteiger partial charge < -0.3 is 10.1 Å². The predicted molar refractivity (Wildman–Crippen MR) is 65.4 cm³/mol. The Kier molecular flexibility index (Phi) is 2.11. The van der Waals surface area contributed by atoms with Gasteiger partial charge in [0, 0.05) is 28.2 Å². The van der Waals surface area contributed by atoms with Gasteiger partial charge in [0.15, 0.2) is 0 Å². The second kappa shape index (κ2) is 3.63. The van der Waals surface area contributed by atoms with E-state index in [1.165, 1.54) is 18.2 Å². The fourth-order valence-electron chi connectivity index (χ4n) is 2.02. The first kappa shape index (κ1) is 9.90. The van der Waals surface area contributed by atoms with Gasteiger partial charge in [0.1, 0.15) is 11.6 Å². The smallest absolute Gasteiger partial charge is 0.124 e. The first-order valence-corrected chi connectivity index (χ1v) is 5.31. The third-order valence-electron chi connectivity index (χ3n) is 2.84. The molecule has 84 valence electrons. The lowest BCUT2D eigenvalue weighted by atomic mass is 10.0. The Morgan fingerprint density at radius 1 is 1.00 bits per heavy atom. The van der Waals surface area contributed by atoms with Crippen LogP contribution in [0.25, 0.3) is 22.0 Å². The van der Waals surface area contributed by atoms with E-state index >= 15 is 0 Å². The number of aromatic amines is 1. The van der Waals surface area contributed by atoms with Gasteiger partial charge in [0.2, 0.25) is 0 Å². The van der Waals surface area contributed by atoms with E-state index in [0.717, 1.165) is 16.5 Å². The summed E-state index contributed by atoms with van der Waals surface area (Å²) in [5, 5.41) is 10.8. The number of para-hydroxylation sites is 1. The van der Waals surface area contributed by atoms with E-state index in [-0.39, 0.29) is 11.6 Å². The van der Waals surface area contributed by atoms with Crippen LogP contribution in [0, 0.1) is 5.82 Å². The lowest BCUT2D eigenvalue weighted by Crippen LogP contribution is -1.80. The zero-order valence-corrected chi connectivity index (χ0v) is 8.94. The van der Waals surface area contributed by atoms with Gasteiger partial charge in [-0.2, -0.15) is 0 Å². The number of halogens is 1. The molecule has 1 heterocycles. The van der Waals surface area contributed by atoms with Crippen molar-refractivity contribution in [2.75, 3.05) is 0 Å². The van der Waals surface area contributed by atoms with Crippen LogP contribution in [-0.2, 0) is 0 Å². The van der Waals surface area contributed by atoms with E-state index in [1.54, 1.807) is 6.20 Å². The van der Waals surface area contributed by atoms with Gasteiger partial charge in [-0.3, -0.25) is 0 Å². The molecule has 0 aliphatic rings. The Morgan fingerprint density at radius 3 is 2.71 bits per heavy atom. The van der Waals surface area contributed by atoms with Crippen LogP contribution in [0.3, 0.4) is 0 Å². The van der Waals surface area contributed by atoms with Crippen LogP contribution in [0.15, 0.2) is 48.7 Å². The first-order valence-electron chi connectivity index (χ1n) is 5.31. The largest absolute Gasteiger partial charge is 0.507 e. The van der Waals surface area contributed by atoms with Crippen molar-refractivity contribution in [2.45, 2.75) is 0 Å². The van der Waals surface area contributed by atoms with Crippen LogP contribution in [0.4, 0.5) is 4.39 Å². The van der Waals surface area contributed by atoms with Gasteiger partial charge in [0.25, 0.3) is 0 Å². The normalized spacial score (nSPS) is 10.9. The summed E-state index contributed by atoms with van der Waals surface area (Å²) in [7, 11) is 0. The Hall–Kier alpha value is -2.29. The van der Waals surface area contributed by atoms with E-state index in [2.05, 4.69) is 4.98 Å². The number of hydrogen-bond donors (Lipinski definition) is 2. The van der Waals surface area contributed by atoms with Gasteiger partial charge in [0.05, 0.1) is 0 Å². The number of phenols is 1. The van der Waals surface area contributed by atoms with E-state index in [0.29, 0.717) is 5.56 Å². The summed E-state index contributed by atoms with van der Waals surface area (Å²) in [4.78, 5) is 3.10. The van der Waals surface area contributed by atoms with Crippen molar-refractivity contribution in [1.29, 1.82) is 0 Å². The van der Waals surface area contributed by atoms with Gasteiger partial charge in [-0.15, -0.1) is 0 Å². The topological polar surface area (TPSA) is 36.0 Å². The molecule has 3 aromatic rings. The Morgan fingerprint density at radius 2 is 1.82 bits per heavy atom. The average molecular weight is 227 g/mol. The molecule has 0 bridgehead atoms. The highest BCUT2D eigenvalue weighted by Crippen LogP contribution is 2.34. The van der Waals surface area contributed by atoms with Crippen LogP contribution >= 0.6 is 0 Å². The van der Waals surface area contributed by atoms with Crippen molar-refractivity contribution in [3.8, 4) is 16.9 Å². The number of fused-ring (bicyclic) bond motifs is 1. The standard InChI is InChI=1S/C14H10FNO/c15-9-5-6-14(17)11(7-9)12-8-16-13-4-2-1-3-10(12)13/h1-8,16-17H. The molecule has 2 N–H and O–H groups in total. The second-order valence-electron chi connectivity index (χ2n) is 3.91. The van der Waals surface area contributed by atoms with E-state index in [1.807, 2.05) is 24.3 Å². The minimum absolute atomic E-state index is 0.0798. The summed E-state index contributed by atoms with van der Waals surface area (Å²) in [6, 6.07) is 11.7. The minimum atomic E-state index is -0.358. The summed E-state index contributed by atoms with van der Waals surface area (Å²) < 4.78 is 13.2. The van der Waals surface area contributed by atoms with Gasteiger partial charge >= 0.3 is 0 Å². The average Bonchev–Trinajstić information content (AvgIpc) is 2.76. The van der Waals surface area contributed by atoms with Gasteiger partial charge in [-0.1, -0.05) is 18.2 Å². The monoisotopic (exact) mass is 227 g/mol.